The monoisotopic (exact) mass is 377 g/mol. The molecule has 7 heteroatoms. The van der Waals surface area contributed by atoms with Gasteiger partial charge in [-0.2, -0.15) is 0 Å². The molecular formula is C19H24ClN3O3. The number of likely N-dealkylation sites (tertiary alicyclic amines) is 1. The van der Waals surface area contributed by atoms with Crippen molar-refractivity contribution >= 4 is 28.7 Å². The lowest BCUT2D eigenvalue weighted by Gasteiger charge is -2.26. The number of ether oxygens (including phenoxy) is 2. The average Bonchev–Trinajstić information content (AvgIpc) is 2.87. The molecule has 2 aromatic rings. The molecule has 0 radical (unpaired) electrons. The Morgan fingerprint density at radius 3 is 2.69 bits per heavy atom. The molecule has 1 aliphatic heterocycles. The predicted molar refractivity (Wildman–Crippen MR) is 101 cm³/mol. The van der Waals surface area contributed by atoms with Crippen molar-refractivity contribution in [2.24, 2.45) is 0 Å². The van der Waals surface area contributed by atoms with Crippen LogP contribution in [0.2, 0.25) is 5.15 Å². The Balaban J connectivity index is 1.74. The number of nitrogens with zero attached hydrogens (tertiary/aromatic N) is 3. The topological polar surface area (TPSA) is 64.5 Å². The summed E-state index contributed by atoms with van der Waals surface area (Å²) in [5.74, 6) is 0.299. The van der Waals surface area contributed by atoms with Gasteiger partial charge in [-0.15, -0.1) is 0 Å². The van der Waals surface area contributed by atoms with Gasteiger partial charge in [-0.1, -0.05) is 17.7 Å². The van der Waals surface area contributed by atoms with E-state index >= 15 is 0 Å². The minimum absolute atomic E-state index is 0.0179. The van der Waals surface area contributed by atoms with E-state index in [-0.39, 0.29) is 23.4 Å². The van der Waals surface area contributed by atoms with Gasteiger partial charge < -0.3 is 14.4 Å². The molecular weight excluding hydrogens is 354 g/mol. The maximum Gasteiger partial charge on any atom is 0.410 e. The summed E-state index contributed by atoms with van der Waals surface area (Å²) in [5.41, 5.74) is 2.02. The molecule has 0 aliphatic carbocycles. The van der Waals surface area contributed by atoms with Crippen LogP contribution in [-0.4, -0.2) is 45.3 Å². The van der Waals surface area contributed by atoms with Crippen LogP contribution in [0.5, 0.6) is 5.88 Å². The number of aryl methyl sites for hydroxylation is 1. The number of hydrogen-bond acceptors (Lipinski definition) is 5. The summed E-state index contributed by atoms with van der Waals surface area (Å²) in [6.45, 7) is 9.96. The van der Waals surface area contributed by atoms with E-state index in [2.05, 4.69) is 9.97 Å². The summed E-state index contributed by atoms with van der Waals surface area (Å²) in [7, 11) is 0. The number of carbonyl (C=O) groups excluding carboxylic acids is 1. The van der Waals surface area contributed by atoms with Crippen molar-refractivity contribution in [2.45, 2.75) is 58.8 Å². The first-order valence-corrected chi connectivity index (χ1v) is 9.10. The van der Waals surface area contributed by atoms with Crippen molar-refractivity contribution in [1.82, 2.24) is 14.9 Å². The van der Waals surface area contributed by atoms with Crippen LogP contribution in [0.25, 0.3) is 11.0 Å². The molecule has 1 fully saturated rings. The first kappa shape index (κ1) is 18.7. The van der Waals surface area contributed by atoms with Crippen LogP contribution in [-0.2, 0) is 4.74 Å². The molecule has 0 saturated carbocycles. The first-order valence-electron chi connectivity index (χ1n) is 8.72. The number of fused-ring (bicyclic) bond motifs is 1. The molecule has 0 bridgehead atoms. The van der Waals surface area contributed by atoms with E-state index in [1.165, 1.54) is 0 Å². The smallest absolute Gasteiger partial charge is 0.410 e. The molecule has 1 aromatic carbocycles. The minimum Gasteiger partial charge on any atom is -0.470 e. The SMILES string of the molecule is Cc1ccc2nc(Cl)c(O[C@@H]3C[C@@H](C)N(C(=O)OC(C)(C)C)C3)nc2c1. The summed E-state index contributed by atoms with van der Waals surface area (Å²) in [4.78, 5) is 22.9. The van der Waals surface area contributed by atoms with E-state index in [1.54, 1.807) is 4.90 Å². The van der Waals surface area contributed by atoms with Gasteiger partial charge in [0.05, 0.1) is 17.6 Å². The molecule has 1 saturated heterocycles. The lowest BCUT2D eigenvalue weighted by atomic mass is 10.2. The van der Waals surface area contributed by atoms with Gasteiger partial charge in [0, 0.05) is 12.5 Å². The highest BCUT2D eigenvalue weighted by Gasteiger charge is 2.36. The Kier molecular flexibility index (Phi) is 4.97. The first-order chi connectivity index (χ1) is 12.1. The summed E-state index contributed by atoms with van der Waals surface area (Å²) >= 11 is 6.24. The standard InChI is InChI=1S/C19H24ClN3O3/c1-11-6-7-14-15(8-11)22-17(16(20)21-14)25-13-9-12(2)23(10-13)18(24)26-19(3,4)5/h6-8,12-13H,9-10H2,1-5H3/t12-,13-/m1/s1. The number of rotatable bonds is 2. The fraction of sp³-hybridized carbons (Fsp3) is 0.526. The molecule has 26 heavy (non-hydrogen) atoms. The van der Waals surface area contributed by atoms with Gasteiger partial charge in [-0.25, -0.2) is 14.8 Å². The molecule has 1 amide bonds. The third-order valence-corrected chi connectivity index (χ3v) is 4.44. The molecule has 0 N–H and O–H groups in total. The van der Waals surface area contributed by atoms with E-state index < -0.39 is 5.60 Å². The van der Waals surface area contributed by atoms with Crippen molar-refractivity contribution in [3.05, 3.63) is 28.9 Å². The third kappa shape index (κ3) is 4.18. The summed E-state index contributed by atoms with van der Waals surface area (Å²) in [5, 5.41) is 0.227. The Morgan fingerprint density at radius 1 is 1.27 bits per heavy atom. The van der Waals surface area contributed by atoms with Crippen LogP contribution in [0.15, 0.2) is 18.2 Å². The summed E-state index contributed by atoms with van der Waals surface area (Å²) < 4.78 is 11.4. The normalized spacial score (nSPS) is 20.5. The van der Waals surface area contributed by atoms with Gasteiger partial charge in [0.2, 0.25) is 0 Å². The van der Waals surface area contributed by atoms with Crippen molar-refractivity contribution in [3.63, 3.8) is 0 Å². The Labute approximate surface area is 158 Å². The van der Waals surface area contributed by atoms with Gasteiger partial charge >= 0.3 is 6.09 Å². The van der Waals surface area contributed by atoms with Crippen molar-refractivity contribution in [1.29, 1.82) is 0 Å². The van der Waals surface area contributed by atoms with Gasteiger partial charge in [-0.05, 0) is 52.3 Å². The Morgan fingerprint density at radius 2 is 2.00 bits per heavy atom. The van der Waals surface area contributed by atoms with Crippen molar-refractivity contribution in [3.8, 4) is 5.88 Å². The molecule has 140 valence electrons. The van der Waals surface area contributed by atoms with Crippen LogP contribution in [0.3, 0.4) is 0 Å². The van der Waals surface area contributed by atoms with E-state index in [0.717, 1.165) is 16.6 Å². The van der Waals surface area contributed by atoms with E-state index in [1.807, 2.05) is 52.8 Å². The Hall–Kier alpha value is -2.08. The summed E-state index contributed by atoms with van der Waals surface area (Å²) in [6, 6.07) is 5.81. The quantitative estimate of drug-likeness (QED) is 0.777. The zero-order valence-corrected chi connectivity index (χ0v) is 16.5. The number of aromatic nitrogens is 2. The lowest BCUT2D eigenvalue weighted by Crippen LogP contribution is -2.39. The highest BCUT2D eigenvalue weighted by molar-refractivity contribution is 6.31. The molecule has 3 rings (SSSR count). The number of amides is 1. The van der Waals surface area contributed by atoms with Crippen LogP contribution in [0.4, 0.5) is 4.79 Å². The molecule has 2 heterocycles. The average molecular weight is 378 g/mol. The second-order valence-electron chi connectivity index (χ2n) is 7.77. The van der Waals surface area contributed by atoms with E-state index in [4.69, 9.17) is 21.1 Å². The highest BCUT2D eigenvalue weighted by Crippen LogP contribution is 2.29. The van der Waals surface area contributed by atoms with Gasteiger partial charge in [-0.3, -0.25) is 0 Å². The summed E-state index contributed by atoms with van der Waals surface area (Å²) in [6.07, 6.45) is 0.150. The van der Waals surface area contributed by atoms with Crippen molar-refractivity contribution < 1.29 is 14.3 Å². The number of carbonyl (C=O) groups is 1. The van der Waals surface area contributed by atoms with E-state index in [0.29, 0.717) is 18.8 Å². The molecule has 1 aliphatic rings. The number of halogens is 1. The zero-order valence-electron chi connectivity index (χ0n) is 15.7. The second kappa shape index (κ2) is 6.91. The predicted octanol–water partition coefficient (Wildman–Crippen LogP) is 4.37. The van der Waals surface area contributed by atoms with Gasteiger partial charge in [0.25, 0.3) is 5.88 Å². The number of benzene rings is 1. The van der Waals surface area contributed by atoms with E-state index in [9.17, 15) is 4.79 Å². The lowest BCUT2D eigenvalue weighted by molar-refractivity contribution is 0.0223. The van der Waals surface area contributed by atoms with Gasteiger partial charge in [0.1, 0.15) is 11.7 Å². The molecule has 6 nitrogen and oxygen atoms in total. The molecule has 1 aromatic heterocycles. The largest absolute Gasteiger partial charge is 0.470 e. The number of hydrogen-bond donors (Lipinski definition) is 0. The van der Waals surface area contributed by atoms with Crippen LogP contribution in [0, 0.1) is 6.92 Å². The maximum atomic E-state index is 12.3. The minimum atomic E-state index is -0.527. The molecule has 0 unspecified atom stereocenters. The van der Waals surface area contributed by atoms with Crippen LogP contribution >= 0.6 is 11.6 Å². The fourth-order valence-corrected chi connectivity index (χ4v) is 3.18. The molecule has 0 spiro atoms. The van der Waals surface area contributed by atoms with Crippen LogP contribution in [0.1, 0.15) is 39.7 Å². The van der Waals surface area contributed by atoms with Gasteiger partial charge in [0.15, 0.2) is 5.15 Å². The maximum absolute atomic E-state index is 12.3. The third-order valence-electron chi connectivity index (χ3n) is 4.19. The zero-order chi connectivity index (χ0) is 19.1. The fourth-order valence-electron chi connectivity index (χ4n) is 3.00. The Bertz CT molecular complexity index is 835. The second-order valence-corrected chi connectivity index (χ2v) is 8.13. The highest BCUT2D eigenvalue weighted by atomic mass is 35.5. The molecule has 2 atom stereocenters. The van der Waals surface area contributed by atoms with Crippen LogP contribution < -0.4 is 4.74 Å². The van der Waals surface area contributed by atoms with Crippen molar-refractivity contribution in [2.75, 3.05) is 6.54 Å².